The minimum absolute atomic E-state index is 0.0243. The number of Topliss-reactive ketones (excluding diaryl/α,β-unsaturated/α-hetero) is 1. The summed E-state index contributed by atoms with van der Waals surface area (Å²) in [6.07, 6.45) is 7.47. The van der Waals surface area contributed by atoms with E-state index >= 15 is 0 Å². The van der Waals surface area contributed by atoms with Gasteiger partial charge in [0.05, 0.1) is 37.0 Å². The number of esters is 2. The molecule has 282 valence electrons. The first kappa shape index (κ1) is 33.8. The van der Waals surface area contributed by atoms with Crippen LogP contribution in [-0.4, -0.2) is 94.8 Å². The fourth-order valence-corrected chi connectivity index (χ4v) is 14.2. The molecular weight excluding hydrogens is 668 g/mol. The standard InChI is InChI=1S/C40H52N2O10/c1-36(2)31-30(45)32(46)38(4)27(39(31)18-49-29(44)15-28(39)51-36)7-10-37(3)33(50-35(47)34-40(37,38)52-34)24-9-12-48-26(24)14-22(17-43)20-5-6-23-21(13-20)8-11-42-19-41-16-25(23)42/h8-9,11-12,20-23,25,27-28,31-34,41,43,46H,5-7,10,13-19H2,1-4H3/t20-,21+,22+,23-,25+,27-,28-,31+,32+,33-,34+,37-,38-,39-,40+/m0/s1. The summed E-state index contributed by atoms with van der Waals surface area (Å²) in [7, 11) is 0. The van der Waals surface area contributed by atoms with Gasteiger partial charge in [0.2, 0.25) is 0 Å². The van der Waals surface area contributed by atoms with E-state index in [1.165, 1.54) is 0 Å². The summed E-state index contributed by atoms with van der Waals surface area (Å²) in [5, 5.41) is 26.6. The van der Waals surface area contributed by atoms with Crippen molar-refractivity contribution >= 4 is 17.7 Å². The van der Waals surface area contributed by atoms with Crippen LogP contribution in [0, 0.1) is 51.8 Å². The van der Waals surface area contributed by atoms with E-state index in [0.717, 1.165) is 38.0 Å². The zero-order chi connectivity index (χ0) is 36.2. The number of carbonyl (C=O) groups excluding carboxylic acids is 3. The van der Waals surface area contributed by atoms with Crippen LogP contribution in [0.5, 0.6) is 0 Å². The zero-order valence-corrected chi connectivity index (χ0v) is 30.5. The van der Waals surface area contributed by atoms with Gasteiger partial charge in [-0.2, -0.15) is 0 Å². The maximum Gasteiger partial charge on any atom is 0.339 e. The second-order valence-corrected chi connectivity index (χ2v) is 18.6. The molecule has 9 aliphatic rings. The van der Waals surface area contributed by atoms with Crippen molar-refractivity contribution in [3.05, 3.63) is 35.9 Å². The number of nitrogens with zero attached hydrogens (tertiary/aromatic N) is 1. The first-order valence-electron chi connectivity index (χ1n) is 19.6. The third-order valence-electron chi connectivity index (χ3n) is 16.4. The second kappa shape index (κ2) is 10.9. The summed E-state index contributed by atoms with van der Waals surface area (Å²) in [5.74, 6) is -0.145. The normalized spacial score (nSPS) is 50.0. The van der Waals surface area contributed by atoms with Crippen molar-refractivity contribution in [2.75, 3.05) is 26.4 Å². The summed E-state index contributed by atoms with van der Waals surface area (Å²) in [4.78, 5) is 43.5. The van der Waals surface area contributed by atoms with E-state index in [2.05, 4.69) is 29.4 Å². The van der Waals surface area contributed by atoms with E-state index in [1.807, 2.05) is 26.8 Å². The summed E-state index contributed by atoms with van der Waals surface area (Å²) in [6.45, 7) is 9.69. The molecule has 10 rings (SSSR count). The lowest BCUT2D eigenvalue weighted by molar-refractivity contribution is -0.252. The number of nitrogens with one attached hydrogen (secondary N) is 1. The van der Waals surface area contributed by atoms with Gasteiger partial charge in [0.1, 0.15) is 30.2 Å². The lowest BCUT2D eigenvalue weighted by atomic mass is 9.36. The van der Waals surface area contributed by atoms with Crippen LogP contribution in [0.1, 0.15) is 83.6 Å². The zero-order valence-electron chi connectivity index (χ0n) is 30.5. The average Bonchev–Trinajstić information content (AvgIpc) is 3.37. The molecule has 6 aliphatic heterocycles. The Morgan fingerprint density at radius 3 is 2.71 bits per heavy atom. The fraction of sp³-hybridized carbons (Fsp3) is 0.775. The number of cyclic esters (lactones) is 2. The highest BCUT2D eigenvalue weighted by atomic mass is 16.7. The highest BCUT2D eigenvalue weighted by Gasteiger charge is 2.90. The van der Waals surface area contributed by atoms with Gasteiger partial charge in [-0.25, -0.2) is 4.79 Å². The molecule has 1 aromatic heterocycles. The lowest BCUT2D eigenvalue weighted by Gasteiger charge is -2.66. The minimum Gasteiger partial charge on any atom is -0.469 e. The molecule has 0 aromatic carbocycles. The van der Waals surface area contributed by atoms with Crippen LogP contribution in [0.25, 0.3) is 0 Å². The van der Waals surface area contributed by atoms with Crippen LogP contribution in [0.2, 0.25) is 0 Å². The molecule has 52 heavy (non-hydrogen) atoms. The van der Waals surface area contributed by atoms with Crippen molar-refractivity contribution in [1.29, 1.82) is 0 Å². The molecule has 7 heterocycles. The largest absolute Gasteiger partial charge is 0.469 e. The number of carbonyl (C=O) groups is 3. The maximum absolute atomic E-state index is 14.6. The van der Waals surface area contributed by atoms with Gasteiger partial charge >= 0.3 is 11.9 Å². The molecule has 0 radical (unpaired) electrons. The van der Waals surface area contributed by atoms with Gasteiger partial charge in [0.25, 0.3) is 0 Å². The number of epoxide rings is 1. The number of aliphatic hydroxyl groups is 2. The van der Waals surface area contributed by atoms with E-state index in [1.54, 1.807) is 6.26 Å². The number of ether oxygens (including phenoxy) is 4. The van der Waals surface area contributed by atoms with Crippen molar-refractivity contribution in [3.8, 4) is 0 Å². The Balaban J connectivity index is 0.978. The van der Waals surface area contributed by atoms with E-state index in [4.69, 9.17) is 23.4 Å². The van der Waals surface area contributed by atoms with Crippen molar-refractivity contribution < 1.29 is 48.0 Å². The van der Waals surface area contributed by atoms with Gasteiger partial charge in [-0.05, 0) is 87.8 Å². The maximum atomic E-state index is 14.6. The predicted molar refractivity (Wildman–Crippen MR) is 182 cm³/mol. The van der Waals surface area contributed by atoms with E-state index in [-0.39, 0.29) is 43.2 Å². The molecule has 5 saturated heterocycles. The highest BCUT2D eigenvalue weighted by Crippen LogP contribution is 2.80. The van der Waals surface area contributed by atoms with Gasteiger partial charge in [-0.1, -0.05) is 19.9 Å². The van der Waals surface area contributed by atoms with Gasteiger partial charge in [0, 0.05) is 47.4 Å². The summed E-state index contributed by atoms with van der Waals surface area (Å²) in [5.41, 5.74) is -4.25. The van der Waals surface area contributed by atoms with E-state index in [9.17, 15) is 24.6 Å². The summed E-state index contributed by atoms with van der Waals surface area (Å²) in [6, 6.07) is 2.41. The molecule has 3 saturated carbocycles. The van der Waals surface area contributed by atoms with Crippen molar-refractivity contribution in [2.24, 2.45) is 51.8 Å². The van der Waals surface area contributed by atoms with Crippen LogP contribution in [0.15, 0.2) is 29.0 Å². The third-order valence-corrected chi connectivity index (χ3v) is 16.4. The monoisotopic (exact) mass is 720 g/mol. The number of rotatable bonds is 5. The second-order valence-electron chi connectivity index (χ2n) is 18.6. The van der Waals surface area contributed by atoms with Crippen LogP contribution in [0.4, 0.5) is 0 Å². The number of furan rings is 1. The average molecular weight is 721 g/mol. The van der Waals surface area contributed by atoms with Gasteiger partial charge in [-0.3, -0.25) is 14.9 Å². The van der Waals surface area contributed by atoms with Crippen LogP contribution < -0.4 is 5.32 Å². The SMILES string of the molecule is CC1(C)O[C@H]2CC(=O)OC[C@@]23[C@@H]1C(=O)[C@@H](O)[C@]1(C)[C@@H]3CC[C@@]2(C)[C@H](c3ccoc3C[C@H](CO)[C@H]3CC[C@H]4[C@H](C=CN5CNC[C@H]45)C3)OC(=O)[C@H]3O[C@@]312. The van der Waals surface area contributed by atoms with E-state index < -0.39 is 63.8 Å². The molecule has 3 aliphatic carbocycles. The predicted octanol–water partition coefficient (Wildman–Crippen LogP) is 3.05. The van der Waals surface area contributed by atoms with Gasteiger partial charge < -0.3 is 38.5 Å². The highest BCUT2D eigenvalue weighted by molar-refractivity contribution is 5.92. The van der Waals surface area contributed by atoms with Crippen molar-refractivity contribution in [1.82, 2.24) is 10.2 Å². The lowest BCUT2D eigenvalue weighted by Crippen LogP contribution is -2.76. The molecule has 8 fully saturated rings. The Hall–Kier alpha value is -2.77. The first-order valence-corrected chi connectivity index (χ1v) is 19.6. The molecule has 12 nitrogen and oxygen atoms in total. The van der Waals surface area contributed by atoms with Gasteiger partial charge in [-0.15, -0.1) is 0 Å². The molecule has 15 atom stereocenters. The topological polar surface area (TPSA) is 160 Å². The Morgan fingerprint density at radius 1 is 1.08 bits per heavy atom. The molecule has 0 amide bonds. The minimum atomic E-state index is -1.43. The fourth-order valence-electron chi connectivity index (χ4n) is 14.2. The molecule has 3 N–H and O–H groups in total. The number of hydrogen-bond acceptors (Lipinski definition) is 12. The quantitative estimate of drug-likeness (QED) is 0.302. The molecule has 0 unspecified atom stereocenters. The number of aliphatic hydroxyl groups excluding tert-OH is 2. The molecular formula is C40H52N2O10. The first-order chi connectivity index (χ1) is 24.8. The Bertz CT molecular complexity index is 1740. The van der Waals surface area contributed by atoms with Crippen molar-refractivity contribution in [3.63, 3.8) is 0 Å². The molecule has 0 bridgehead atoms. The van der Waals surface area contributed by atoms with Crippen molar-refractivity contribution in [2.45, 2.75) is 114 Å². The summed E-state index contributed by atoms with van der Waals surface area (Å²) >= 11 is 0. The molecule has 2 spiro atoms. The smallest absolute Gasteiger partial charge is 0.339 e. The number of hydrogen-bond donors (Lipinski definition) is 3. The molecule has 12 heteroatoms. The number of allylic oxidation sites excluding steroid dienone is 1. The van der Waals surface area contributed by atoms with E-state index in [0.29, 0.717) is 48.8 Å². The Morgan fingerprint density at radius 2 is 1.90 bits per heavy atom. The Kier molecular flexibility index (Phi) is 7.10. The van der Waals surface area contributed by atoms with Gasteiger partial charge in [0.15, 0.2) is 11.9 Å². The Labute approximate surface area is 303 Å². The molecule has 1 aromatic rings. The number of fused-ring (bicyclic) bond motifs is 4. The van der Waals surface area contributed by atoms with Crippen LogP contribution in [0.3, 0.4) is 0 Å². The summed E-state index contributed by atoms with van der Waals surface area (Å²) < 4.78 is 31.4. The van der Waals surface area contributed by atoms with Crippen LogP contribution >= 0.6 is 0 Å². The third kappa shape index (κ3) is 3.98. The number of ketones is 1. The van der Waals surface area contributed by atoms with Crippen LogP contribution in [-0.2, 0) is 39.8 Å².